The molecule has 1 aromatic rings. The van der Waals surface area contributed by atoms with E-state index in [1.165, 1.54) is 0 Å². The third kappa shape index (κ3) is 5.47. The van der Waals surface area contributed by atoms with Crippen molar-refractivity contribution in [3.8, 4) is 0 Å². The Morgan fingerprint density at radius 3 is 2.55 bits per heavy atom. The number of carbonyl (C=O) groups is 3. The highest BCUT2D eigenvalue weighted by molar-refractivity contribution is 6.00. The van der Waals surface area contributed by atoms with Crippen molar-refractivity contribution in [3.05, 3.63) is 29.8 Å². The third-order valence-electron chi connectivity index (χ3n) is 5.20. The minimum absolute atomic E-state index is 0.0164. The van der Waals surface area contributed by atoms with E-state index in [-0.39, 0.29) is 18.0 Å². The van der Waals surface area contributed by atoms with Gasteiger partial charge in [0.2, 0.25) is 0 Å². The summed E-state index contributed by atoms with van der Waals surface area (Å²) < 4.78 is 10.7. The zero-order valence-corrected chi connectivity index (χ0v) is 16.9. The predicted molar refractivity (Wildman–Crippen MR) is 108 cm³/mol. The quantitative estimate of drug-likeness (QED) is 0.582. The Morgan fingerprint density at radius 1 is 1.14 bits per heavy atom. The van der Waals surface area contributed by atoms with E-state index in [2.05, 4.69) is 5.32 Å². The van der Waals surface area contributed by atoms with Crippen molar-refractivity contribution in [2.75, 3.05) is 44.7 Å². The van der Waals surface area contributed by atoms with Crippen molar-refractivity contribution in [3.63, 3.8) is 0 Å². The van der Waals surface area contributed by atoms with Gasteiger partial charge in [-0.05, 0) is 31.4 Å². The summed E-state index contributed by atoms with van der Waals surface area (Å²) in [6, 6.07) is 6.54. The van der Waals surface area contributed by atoms with Gasteiger partial charge < -0.3 is 24.6 Å². The number of nitrogens with zero attached hydrogens (tertiary/aromatic N) is 2. The largest absolute Gasteiger partial charge is 0.462 e. The van der Waals surface area contributed by atoms with Crippen molar-refractivity contribution in [1.29, 1.82) is 0 Å². The molecule has 0 aromatic heterocycles. The standard InChI is InChI=1S/C21H29N3O5/c1-2-3-14-29-20(26)16-7-4-5-8-17(16)22-21(27)24-12-10-23(11-13-24)19(25)18-9-6-15-28-18/h4-5,7-8,18H,2-3,6,9-15H2,1H3,(H,22,27). The first-order chi connectivity index (χ1) is 14.1. The van der Waals surface area contributed by atoms with E-state index in [4.69, 9.17) is 9.47 Å². The van der Waals surface area contributed by atoms with Crippen LogP contribution in [0.4, 0.5) is 10.5 Å². The molecule has 8 nitrogen and oxygen atoms in total. The number of hydrogen-bond donors (Lipinski definition) is 1. The molecule has 3 amide bonds. The number of rotatable bonds is 6. The third-order valence-corrected chi connectivity index (χ3v) is 5.20. The molecule has 1 atom stereocenters. The molecular formula is C21H29N3O5. The van der Waals surface area contributed by atoms with Crippen LogP contribution in [0.1, 0.15) is 43.0 Å². The smallest absolute Gasteiger partial charge is 0.340 e. The van der Waals surface area contributed by atoms with Crippen LogP contribution in [0, 0.1) is 0 Å². The topological polar surface area (TPSA) is 88.2 Å². The van der Waals surface area contributed by atoms with Crippen molar-refractivity contribution >= 4 is 23.6 Å². The van der Waals surface area contributed by atoms with Gasteiger partial charge in [-0.15, -0.1) is 0 Å². The van der Waals surface area contributed by atoms with Crippen LogP contribution in [0.2, 0.25) is 0 Å². The van der Waals surface area contributed by atoms with Crippen LogP contribution >= 0.6 is 0 Å². The number of benzene rings is 1. The summed E-state index contributed by atoms with van der Waals surface area (Å²) in [5, 5.41) is 2.81. The maximum absolute atomic E-state index is 12.7. The zero-order chi connectivity index (χ0) is 20.6. The van der Waals surface area contributed by atoms with E-state index in [1.807, 2.05) is 6.92 Å². The molecule has 0 saturated carbocycles. The number of ether oxygens (including phenoxy) is 2. The molecule has 29 heavy (non-hydrogen) atoms. The summed E-state index contributed by atoms with van der Waals surface area (Å²) in [5.74, 6) is -0.427. The summed E-state index contributed by atoms with van der Waals surface area (Å²) in [7, 11) is 0. The number of nitrogens with one attached hydrogen (secondary N) is 1. The van der Waals surface area contributed by atoms with Gasteiger partial charge in [0.25, 0.3) is 5.91 Å². The number of esters is 1. The molecule has 2 fully saturated rings. The van der Waals surface area contributed by atoms with Crippen LogP contribution < -0.4 is 5.32 Å². The highest BCUT2D eigenvalue weighted by Crippen LogP contribution is 2.19. The molecule has 1 N–H and O–H groups in total. The van der Waals surface area contributed by atoms with Crippen molar-refractivity contribution in [1.82, 2.24) is 9.80 Å². The average Bonchev–Trinajstić information content (AvgIpc) is 3.29. The molecule has 8 heteroatoms. The predicted octanol–water partition coefficient (Wildman–Crippen LogP) is 2.50. The summed E-state index contributed by atoms with van der Waals surface area (Å²) in [6.07, 6.45) is 3.09. The molecule has 0 bridgehead atoms. The SMILES string of the molecule is CCCCOC(=O)c1ccccc1NC(=O)N1CCN(C(=O)C2CCCO2)CC1. The minimum Gasteiger partial charge on any atom is -0.462 e. The van der Waals surface area contributed by atoms with Crippen LogP contribution in [-0.4, -0.2) is 73.2 Å². The highest BCUT2D eigenvalue weighted by atomic mass is 16.5. The molecule has 0 aliphatic carbocycles. The first-order valence-corrected chi connectivity index (χ1v) is 10.3. The van der Waals surface area contributed by atoms with E-state index in [0.29, 0.717) is 50.6 Å². The molecule has 2 aliphatic rings. The number of unbranched alkanes of at least 4 members (excludes halogenated alkanes) is 1. The Morgan fingerprint density at radius 2 is 1.86 bits per heavy atom. The summed E-state index contributed by atoms with van der Waals surface area (Å²) in [6.45, 7) is 4.86. The van der Waals surface area contributed by atoms with Gasteiger partial charge in [-0.1, -0.05) is 25.5 Å². The molecule has 1 unspecified atom stereocenters. The maximum atomic E-state index is 12.7. The fourth-order valence-electron chi connectivity index (χ4n) is 3.46. The van der Waals surface area contributed by atoms with Crippen LogP contribution in [-0.2, 0) is 14.3 Å². The molecule has 3 rings (SSSR count). The lowest BCUT2D eigenvalue weighted by Crippen LogP contribution is -2.53. The molecule has 2 saturated heterocycles. The van der Waals surface area contributed by atoms with Crippen molar-refractivity contribution in [2.45, 2.75) is 38.7 Å². The number of carbonyl (C=O) groups excluding carboxylic acids is 3. The number of anilines is 1. The number of hydrogen-bond acceptors (Lipinski definition) is 5. The average molecular weight is 403 g/mol. The lowest BCUT2D eigenvalue weighted by molar-refractivity contribution is -0.142. The summed E-state index contributed by atoms with van der Waals surface area (Å²) >= 11 is 0. The fraction of sp³-hybridized carbons (Fsp3) is 0.571. The van der Waals surface area contributed by atoms with Crippen LogP contribution in [0.25, 0.3) is 0 Å². The lowest BCUT2D eigenvalue weighted by atomic mass is 10.2. The second-order valence-corrected chi connectivity index (χ2v) is 7.28. The van der Waals surface area contributed by atoms with E-state index in [9.17, 15) is 14.4 Å². The van der Waals surface area contributed by atoms with Gasteiger partial charge in [-0.2, -0.15) is 0 Å². The molecular weight excluding hydrogens is 374 g/mol. The van der Waals surface area contributed by atoms with Gasteiger partial charge >= 0.3 is 12.0 Å². The van der Waals surface area contributed by atoms with Gasteiger partial charge in [-0.3, -0.25) is 4.79 Å². The fourth-order valence-corrected chi connectivity index (χ4v) is 3.46. The van der Waals surface area contributed by atoms with Crippen molar-refractivity contribution < 1.29 is 23.9 Å². The minimum atomic E-state index is -0.443. The van der Waals surface area contributed by atoms with E-state index in [0.717, 1.165) is 25.7 Å². The second-order valence-electron chi connectivity index (χ2n) is 7.28. The van der Waals surface area contributed by atoms with Crippen LogP contribution in [0.5, 0.6) is 0 Å². The normalized spacial score (nSPS) is 19.1. The first-order valence-electron chi connectivity index (χ1n) is 10.3. The van der Waals surface area contributed by atoms with E-state index >= 15 is 0 Å². The van der Waals surface area contributed by atoms with Crippen LogP contribution in [0.3, 0.4) is 0 Å². The van der Waals surface area contributed by atoms with Gasteiger partial charge in [-0.25, -0.2) is 9.59 Å². The molecule has 0 spiro atoms. The molecule has 2 aliphatic heterocycles. The van der Waals surface area contributed by atoms with Gasteiger partial charge in [0, 0.05) is 32.8 Å². The number of amides is 3. The Bertz CT molecular complexity index is 725. The highest BCUT2D eigenvalue weighted by Gasteiger charge is 2.31. The van der Waals surface area contributed by atoms with E-state index in [1.54, 1.807) is 34.1 Å². The Kier molecular flexibility index (Phi) is 7.46. The maximum Gasteiger partial charge on any atom is 0.340 e. The molecule has 2 heterocycles. The molecule has 158 valence electrons. The summed E-state index contributed by atoms with van der Waals surface area (Å²) in [5.41, 5.74) is 0.765. The number of piperazine rings is 1. The zero-order valence-electron chi connectivity index (χ0n) is 16.9. The number of urea groups is 1. The summed E-state index contributed by atoms with van der Waals surface area (Å²) in [4.78, 5) is 40.8. The van der Waals surface area contributed by atoms with Gasteiger partial charge in [0.1, 0.15) is 6.10 Å². The first kappa shape index (κ1) is 21.1. The van der Waals surface area contributed by atoms with Gasteiger partial charge in [0.15, 0.2) is 0 Å². The number of para-hydroxylation sites is 1. The Hall–Kier alpha value is -2.61. The Balaban J connectivity index is 1.53. The lowest BCUT2D eigenvalue weighted by Gasteiger charge is -2.35. The monoisotopic (exact) mass is 403 g/mol. The van der Waals surface area contributed by atoms with Crippen molar-refractivity contribution in [2.24, 2.45) is 0 Å². The van der Waals surface area contributed by atoms with Gasteiger partial charge in [0.05, 0.1) is 17.9 Å². The van der Waals surface area contributed by atoms with Crippen LogP contribution in [0.15, 0.2) is 24.3 Å². The second kappa shape index (κ2) is 10.2. The molecule has 1 aromatic carbocycles. The Labute approximate surface area is 171 Å². The molecule has 0 radical (unpaired) electrons. The van der Waals surface area contributed by atoms with E-state index < -0.39 is 5.97 Å².